The summed E-state index contributed by atoms with van der Waals surface area (Å²) in [7, 11) is 0. The number of hydrogen-bond acceptors (Lipinski definition) is 6. The van der Waals surface area contributed by atoms with Crippen molar-refractivity contribution >= 4 is 23.5 Å². The van der Waals surface area contributed by atoms with E-state index in [4.69, 9.17) is 36.8 Å². The maximum Gasteiger partial charge on any atom is 0.490 e. The lowest BCUT2D eigenvalue weighted by Gasteiger charge is -2.24. The van der Waals surface area contributed by atoms with E-state index < -0.39 is 12.1 Å². The molecule has 2 aliphatic heterocycles. The maximum absolute atomic E-state index is 12.6. The predicted octanol–water partition coefficient (Wildman–Crippen LogP) is 2.86. The Morgan fingerprint density at radius 2 is 1.97 bits per heavy atom. The molecule has 2 fully saturated rings. The molecule has 0 radical (unpaired) electrons. The number of nitrogens with zero attached hydrogens (tertiary/aromatic N) is 3. The Morgan fingerprint density at radius 3 is 2.53 bits per heavy atom. The van der Waals surface area contributed by atoms with Crippen molar-refractivity contribution in [2.75, 3.05) is 13.2 Å². The molecule has 1 aromatic rings. The number of carbonyl (C=O) groups excluding carboxylic acids is 1. The molecule has 172 valence electrons. The van der Waals surface area contributed by atoms with Crippen LogP contribution in [0.15, 0.2) is 18.2 Å². The van der Waals surface area contributed by atoms with Crippen LogP contribution < -0.4 is 10.1 Å². The summed E-state index contributed by atoms with van der Waals surface area (Å²) in [6.45, 7) is 1.06. The van der Waals surface area contributed by atoms with Crippen LogP contribution in [0.25, 0.3) is 0 Å². The minimum atomic E-state index is -5.08. The number of carboxylic acid groups (broad SMARTS) is 1. The molecule has 12 heteroatoms. The molecule has 32 heavy (non-hydrogen) atoms. The second-order valence-electron chi connectivity index (χ2n) is 7.18. The summed E-state index contributed by atoms with van der Waals surface area (Å²) in [5.41, 5.74) is 0.486. The van der Waals surface area contributed by atoms with Crippen LogP contribution in [0.3, 0.4) is 0 Å². The van der Waals surface area contributed by atoms with E-state index in [1.165, 1.54) is 0 Å². The number of nitriles is 2. The van der Waals surface area contributed by atoms with E-state index in [2.05, 4.69) is 11.4 Å². The number of benzene rings is 1. The summed E-state index contributed by atoms with van der Waals surface area (Å²) in [6.07, 6.45) is -1.86. The molecule has 3 rings (SSSR count). The van der Waals surface area contributed by atoms with Gasteiger partial charge in [-0.15, -0.1) is 0 Å². The van der Waals surface area contributed by atoms with Crippen LogP contribution in [0, 0.1) is 22.7 Å². The summed E-state index contributed by atoms with van der Waals surface area (Å²) >= 11 is 6.10. The van der Waals surface area contributed by atoms with Gasteiger partial charge in [0.1, 0.15) is 18.4 Å². The number of hydrogen-bond donors (Lipinski definition) is 2. The highest BCUT2D eigenvalue weighted by Crippen LogP contribution is 2.27. The minimum absolute atomic E-state index is 0.0166. The SMILES string of the molecule is N#Cc1ccc(OC[C@H]2CC[C@@H](C(=O)N3CCC[C@H]3C#N)N2)c(Cl)c1.O=C(O)C(F)(F)F. The van der Waals surface area contributed by atoms with Gasteiger partial charge in [0.15, 0.2) is 0 Å². The number of aliphatic carboxylic acids is 1. The molecule has 2 aliphatic rings. The number of halogens is 4. The zero-order valence-electron chi connectivity index (χ0n) is 16.7. The van der Waals surface area contributed by atoms with E-state index in [1.54, 1.807) is 23.1 Å². The van der Waals surface area contributed by atoms with Gasteiger partial charge in [0.25, 0.3) is 0 Å². The van der Waals surface area contributed by atoms with Crippen molar-refractivity contribution in [3.63, 3.8) is 0 Å². The van der Waals surface area contributed by atoms with Gasteiger partial charge in [-0.05, 0) is 43.9 Å². The number of nitrogens with one attached hydrogen (secondary N) is 1. The summed E-state index contributed by atoms with van der Waals surface area (Å²) in [6, 6.07) is 8.66. The lowest BCUT2D eigenvalue weighted by molar-refractivity contribution is -0.192. The predicted molar refractivity (Wildman–Crippen MR) is 106 cm³/mol. The zero-order chi connectivity index (χ0) is 23.9. The van der Waals surface area contributed by atoms with Gasteiger partial charge in [-0.3, -0.25) is 10.1 Å². The van der Waals surface area contributed by atoms with Crippen molar-refractivity contribution in [3.8, 4) is 17.9 Å². The van der Waals surface area contributed by atoms with Gasteiger partial charge in [0.05, 0.1) is 28.8 Å². The molecule has 2 saturated heterocycles. The molecule has 2 N–H and O–H groups in total. The van der Waals surface area contributed by atoms with E-state index in [0.717, 1.165) is 25.7 Å². The first-order valence-corrected chi connectivity index (χ1v) is 10.0. The molecule has 0 spiro atoms. The first kappa shape index (κ1) is 25.2. The molecule has 0 bridgehead atoms. The van der Waals surface area contributed by atoms with E-state index in [1.807, 2.05) is 6.07 Å². The van der Waals surface area contributed by atoms with Crippen LogP contribution in [0.4, 0.5) is 13.2 Å². The van der Waals surface area contributed by atoms with Crippen LogP contribution in [0.5, 0.6) is 5.75 Å². The van der Waals surface area contributed by atoms with Gasteiger partial charge in [-0.1, -0.05) is 11.6 Å². The van der Waals surface area contributed by atoms with Crippen molar-refractivity contribution in [1.29, 1.82) is 10.5 Å². The second kappa shape index (κ2) is 11.0. The summed E-state index contributed by atoms with van der Waals surface area (Å²) in [5.74, 6) is -2.21. The molecule has 3 atom stereocenters. The highest BCUT2D eigenvalue weighted by atomic mass is 35.5. The number of ether oxygens (including phenoxy) is 1. The maximum atomic E-state index is 12.6. The topological polar surface area (TPSA) is 126 Å². The number of amides is 1. The molecular formula is C20H20ClF3N4O4. The summed E-state index contributed by atoms with van der Waals surface area (Å²) in [4.78, 5) is 23.2. The fraction of sp³-hybridized carbons (Fsp3) is 0.500. The molecule has 1 amide bonds. The molecular weight excluding hydrogens is 453 g/mol. The van der Waals surface area contributed by atoms with Crippen molar-refractivity contribution in [1.82, 2.24) is 10.2 Å². The lowest BCUT2D eigenvalue weighted by Crippen LogP contribution is -2.47. The van der Waals surface area contributed by atoms with Crippen LogP contribution in [-0.4, -0.2) is 59.3 Å². The molecule has 0 aromatic heterocycles. The van der Waals surface area contributed by atoms with Gasteiger partial charge < -0.3 is 14.7 Å². The Morgan fingerprint density at radius 1 is 1.28 bits per heavy atom. The van der Waals surface area contributed by atoms with Crippen LogP contribution in [-0.2, 0) is 9.59 Å². The Balaban J connectivity index is 0.000000451. The molecule has 0 saturated carbocycles. The van der Waals surface area contributed by atoms with Crippen molar-refractivity contribution < 1.29 is 32.6 Å². The van der Waals surface area contributed by atoms with Gasteiger partial charge in [-0.25, -0.2) is 4.79 Å². The second-order valence-corrected chi connectivity index (χ2v) is 7.59. The quantitative estimate of drug-likeness (QED) is 0.689. The third-order valence-corrected chi connectivity index (χ3v) is 5.26. The first-order valence-electron chi connectivity index (χ1n) is 9.65. The summed E-state index contributed by atoms with van der Waals surface area (Å²) < 4.78 is 37.5. The average molecular weight is 473 g/mol. The zero-order valence-corrected chi connectivity index (χ0v) is 17.5. The lowest BCUT2D eigenvalue weighted by atomic mass is 10.1. The van der Waals surface area contributed by atoms with Gasteiger partial charge in [0.2, 0.25) is 5.91 Å². The van der Waals surface area contributed by atoms with Crippen LogP contribution in [0.1, 0.15) is 31.2 Å². The van der Waals surface area contributed by atoms with Crippen molar-refractivity contribution in [2.24, 2.45) is 0 Å². The third kappa shape index (κ3) is 6.74. The highest BCUT2D eigenvalue weighted by Gasteiger charge is 2.38. The van der Waals surface area contributed by atoms with E-state index in [9.17, 15) is 18.0 Å². The molecule has 0 aliphatic carbocycles. The number of likely N-dealkylation sites (tertiary alicyclic amines) is 1. The highest BCUT2D eigenvalue weighted by molar-refractivity contribution is 6.32. The van der Waals surface area contributed by atoms with E-state index >= 15 is 0 Å². The normalized spacial score (nSPS) is 22.3. The molecule has 0 unspecified atom stereocenters. The van der Waals surface area contributed by atoms with Crippen LogP contribution in [0.2, 0.25) is 5.02 Å². The standard InChI is InChI=1S/C18H19ClN4O2.C2HF3O2/c19-15-8-12(9-20)3-6-17(15)25-11-13-4-5-16(22-13)18(24)23-7-1-2-14(23)10-21;3-2(4,5)1(6)7/h3,6,8,13-14,16,22H,1-2,4-5,7,11H2;(H,6,7)/t13-,14+,16+;/m1./s1. The minimum Gasteiger partial charge on any atom is -0.490 e. The van der Waals surface area contributed by atoms with Crippen LogP contribution >= 0.6 is 11.6 Å². The fourth-order valence-electron chi connectivity index (χ4n) is 3.39. The molecule has 2 heterocycles. The smallest absolute Gasteiger partial charge is 0.490 e. The van der Waals surface area contributed by atoms with E-state index in [-0.39, 0.29) is 24.0 Å². The van der Waals surface area contributed by atoms with Crippen molar-refractivity contribution in [3.05, 3.63) is 28.8 Å². The van der Waals surface area contributed by atoms with Gasteiger partial charge in [0, 0.05) is 12.6 Å². The van der Waals surface area contributed by atoms with E-state index in [0.29, 0.717) is 29.5 Å². The number of carbonyl (C=O) groups is 2. The Labute approximate surface area is 187 Å². The van der Waals surface area contributed by atoms with Gasteiger partial charge >= 0.3 is 12.1 Å². The fourth-order valence-corrected chi connectivity index (χ4v) is 3.62. The number of carboxylic acids is 1. The Bertz CT molecular complexity index is 929. The van der Waals surface area contributed by atoms with Crippen molar-refractivity contribution in [2.45, 2.75) is 50.0 Å². The third-order valence-electron chi connectivity index (χ3n) is 4.97. The van der Waals surface area contributed by atoms with Gasteiger partial charge in [-0.2, -0.15) is 23.7 Å². The largest absolute Gasteiger partial charge is 0.490 e. The number of alkyl halides is 3. The average Bonchev–Trinajstić information content (AvgIpc) is 3.41. The first-order chi connectivity index (χ1) is 15.1. The summed E-state index contributed by atoms with van der Waals surface area (Å²) in [5, 5.41) is 28.8. The Hall–Kier alpha value is -3.02. The molecule has 8 nitrogen and oxygen atoms in total. The molecule has 1 aromatic carbocycles. The Kier molecular flexibility index (Phi) is 8.70. The number of rotatable bonds is 4. The monoisotopic (exact) mass is 472 g/mol.